The van der Waals surface area contributed by atoms with Crippen molar-refractivity contribution in [2.45, 2.75) is 19.4 Å². The Hall–Kier alpha value is -3.80. The maximum absolute atomic E-state index is 12.3. The summed E-state index contributed by atoms with van der Waals surface area (Å²) >= 11 is 12.3. The summed E-state index contributed by atoms with van der Waals surface area (Å²) in [5.41, 5.74) is 6.60. The number of carboxylic acids is 1. The highest BCUT2D eigenvalue weighted by Crippen LogP contribution is 2.33. The highest BCUT2D eigenvalue weighted by molar-refractivity contribution is 6.31. The number of carbonyl (C=O) groups is 2. The first-order valence-corrected chi connectivity index (χ1v) is 12.6. The van der Waals surface area contributed by atoms with E-state index in [1.807, 2.05) is 66.7 Å². The van der Waals surface area contributed by atoms with Crippen LogP contribution in [0.2, 0.25) is 10.0 Å². The molecule has 0 saturated carbocycles. The molecule has 0 fully saturated rings. The van der Waals surface area contributed by atoms with E-state index in [9.17, 15) is 9.59 Å². The summed E-state index contributed by atoms with van der Waals surface area (Å²) in [5, 5.41) is 16.2. The summed E-state index contributed by atoms with van der Waals surface area (Å²) in [6.07, 6.45) is -0.121. The first-order chi connectivity index (χ1) is 17.8. The van der Waals surface area contributed by atoms with Crippen LogP contribution in [0, 0.1) is 0 Å². The van der Waals surface area contributed by atoms with Gasteiger partial charge in [0.05, 0.1) is 6.42 Å². The molecular weight excluding hydrogens is 507 g/mol. The molecule has 1 amide bonds. The number of rotatable bonds is 9. The maximum atomic E-state index is 12.3. The Balaban J connectivity index is 1.50. The van der Waals surface area contributed by atoms with Crippen molar-refractivity contribution in [3.8, 4) is 22.3 Å². The van der Waals surface area contributed by atoms with Gasteiger partial charge in [-0.25, -0.2) is 0 Å². The van der Waals surface area contributed by atoms with Crippen molar-refractivity contribution in [3.63, 3.8) is 0 Å². The minimum atomic E-state index is -0.954. The van der Waals surface area contributed by atoms with E-state index in [2.05, 4.69) is 29.7 Å². The monoisotopic (exact) mass is 532 g/mol. The number of hydrogen-bond acceptors (Lipinski definition) is 3. The Morgan fingerprint density at radius 1 is 0.784 bits per heavy atom. The second-order valence-electron chi connectivity index (χ2n) is 8.66. The second-order valence-corrected chi connectivity index (χ2v) is 9.53. The lowest BCUT2D eigenvalue weighted by Crippen LogP contribution is -2.25. The Morgan fingerprint density at radius 2 is 1.35 bits per heavy atom. The number of carbonyl (C=O) groups excluding carboxylic acids is 1. The first kappa shape index (κ1) is 26.3. The molecule has 1 atom stereocenters. The van der Waals surface area contributed by atoms with Gasteiger partial charge in [0.2, 0.25) is 0 Å². The van der Waals surface area contributed by atoms with Gasteiger partial charge in [-0.2, -0.15) is 0 Å². The fraction of sp³-hybridized carbons (Fsp3) is 0.133. The highest BCUT2D eigenvalue weighted by Gasteiger charge is 2.14. The van der Waals surface area contributed by atoms with Crippen molar-refractivity contribution < 1.29 is 14.7 Å². The molecule has 0 radical (unpaired) electrons. The topological polar surface area (TPSA) is 78.4 Å². The average Bonchev–Trinajstić information content (AvgIpc) is 2.89. The Labute approximate surface area is 226 Å². The van der Waals surface area contributed by atoms with E-state index in [-0.39, 0.29) is 24.9 Å². The molecule has 4 aromatic carbocycles. The SMILES string of the molecule is CC(Nc1ccc(-c2ccc(Cl)cc2)cc1)c1ccc(Cl)cc1-c1ccc(C(=O)NCCC(=O)O)cc1. The predicted octanol–water partition coefficient (Wildman–Crippen LogP) is 7.71. The molecule has 0 heterocycles. The zero-order chi connectivity index (χ0) is 26.4. The minimum absolute atomic E-state index is 0.0207. The van der Waals surface area contributed by atoms with Crippen LogP contribution in [0.1, 0.15) is 35.3 Å². The van der Waals surface area contributed by atoms with Gasteiger partial charge >= 0.3 is 5.97 Å². The molecule has 0 bridgehead atoms. The Bertz CT molecular complexity index is 1390. The Morgan fingerprint density at radius 3 is 1.97 bits per heavy atom. The molecule has 4 rings (SSSR count). The van der Waals surface area contributed by atoms with Crippen molar-refractivity contribution in [3.05, 3.63) is 112 Å². The van der Waals surface area contributed by atoms with E-state index < -0.39 is 5.97 Å². The van der Waals surface area contributed by atoms with Crippen LogP contribution in [0.3, 0.4) is 0 Å². The van der Waals surface area contributed by atoms with Gasteiger partial charge in [0, 0.05) is 33.9 Å². The molecule has 7 heteroatoms. The van der Waals surface area contributed by atoms with E-state index in [1.54, 1.807) is 12.1 Å². The van der Waals surface area contributed by atoms with Crippen molar-refractivity contribution in [1.82, 2.24) is 5.32 Å². The molecular formula is C30H26Cl2N2O3. The average molecular weight is 533 g/mol. The molecule has 0 spiro atoms. The van der Waals surface area contributed by atoms with Gasteiger partial charge in [0.25, 0.3) is 5.91 Å². The van der Waals surface area contributed by atoms with Crippen molar-refractivity contribution in [2.75, 3.05) is 11.9 Å². The van der Waals surface area contributed by atoms with E-state index in [4.69, 9.17) is 28.3 Å². The molecule has 0 aromatic heterocycles. The highest BCUT2D eigenvalue weighted by atomic mass is 35.5. The number of anilines is 1. The number of benzene rings is 4. The molecule has 4 aromatic rings. The van der Waals surface area contributed by atoms with Gasteiger partial charge in [-0.1, -0.05) is 65.7 Å². The van der Waals surface area contributed by atoms with E-state index in [1.165, 1.54) is 0 Å². The molecule has 0 saturated heterocycles. The smallest absolute Gasteiger partial charge is 0.305 e. The van der Waals surface area contributed by atoms with E-state index >= 15 is 0 Å². The van der Waals surface area contributed by atoms with Crippen LogP contribution in [0.25, 0.3) is 22.3 Å². The lowest BCUT2D eigenvalue weighted by Gasteiger charge is -2.20. The summed E-state index contributed by atoms with van der Waals surface area (Å²) in [4.78, 5) is 23.0. The normalized spacial score (nSPS) is 11.5. The maximum Gasteiger partial charge on any atom is 0.305 e. The van der Waals surface area contributed by atoms with Gasteiger partial charge in [-0.15, -0.1) is 0 Å². The number of aliphatic carboxylic acids is 1. The largest absolute Gasteiger partial charge is 0.481 e. The molecule has 1 unspecified atom stereocenters. The van der Waals surface area contributed by atoms with Crippen LogP contribution in [0.15, 0.2) is 91.0 Å². The molecule has 0 aliphatic rings. The zero-order valence-corrected chi connectivity index (χ0v) is 21.7. The van der Waals surface area contributed by atoms with Crippen LogP contribution in [-0.2, 0) is 4.79 Å². The number of amides is 1. The lowest BCUT2D eigenvalue weighted by atomic mass is 9.94. The molecule has 37 heavy (non-hydrogen) atoms. The predicted molar refractivity (Wildman–Crippen MR) is 150 cm³/mol. The van der Waals surface area contributed by atoms with Crippen LogP contribution in [0.5, 0.6) is 0 Å². The quantitative estimate of drug-likeness (QED) is 0.206. The van der Waals surface area contributed by atoms with Crippen LogP contribution in [-0.4, -0.2) is 23.5 Å². The second kappa shape index (κ2) is 12.0. The number of nitrogens with one attached hydrogen (secondary N) is 2. The first-order valence-electron chi connectivity index (χ1n) is 11.8. The van der Waals surface area contributed by atoms with Crippen molar-refractivity contribution >= 4 is 40.8 Å². The van der Waals surface area contributed by atoms with Gasteiger partial charge in [0.15, 0.2) is 0 Å². The van der Waals surface area contributed by atoms with Gasteiger partial charge in [0.1, 0.15) is 0 Å². The number of carboxylic acid groups (broad SMARTS) is 1. The summed E-state index contributed by atoms with van der Waals surface area (Å²) in [6, 6.07) is 29.0. The van der Waals surface area contributed by atoms with Crippen LogP contribution >= 0.6 is 23.2 Å². The molecule has 188 valence electrons. The minimum Gasteiger partial charge on any atom is -0.481 e. The molecule has 0 aliphatic heterocycles. The van der Waals surface area contributed by atoms with Gasteiger partial charge < -0.3 is 15.7 Å². The summed E-state index contributed by atoms with van der Waals surface area (Å²) in [6.45, 7) is 2.17. The van der Waals surface area contributed by atoms with E-state index in [0.717, 1.165) is 33.5 Å². The van der Waals surface area contributed by atoms with E-state index in [0.29, 0.717) is 15.6 Å². The van der Waals surface area contributed by atoms with Gasteiger partial charge in [-0.05, 0) is 83.3 Å². The number of halogens is 2. The van der Waals surface area contributed by atoms with Crippen molar-refractivity contribution in [1.29, 1.82) is 0 Å². The van der Waals surface area contributed by atoms with Gasteiger partial charge in [-0.3, -0.25) is 9.59 Å². The third-order valence-corrected chi connectivity index (χ3v) is 6.50. The van der Waals surface area contributed by atoms with Crippen molar-refractivity contribution in [2.24, 2.45) is 0 Å². The summed E-state index contributed by atoms with van der Waals surface area (Å²) < 4.78 is 0. The zero-order valence-electron chi connectivity index (χ0n) is 20.2. The van der Waals surface area contributed by atoms with Crippen LogP contribution in [0.4, 0.5) is 5.69 Å². The Kier molecular flexibility index (Phi) is 8.49. The molecule has 3 N–H and O–H groups in total. The lowest BCUT2D eigenvalue weighted by molar-refractivity contribution is -0.136. The third kappa shape index (κ3) is 6.91. The molecule has 0 aliphatic carbocycles. The summed E-state index contributed by atoms with van der Waals surface area (Å²) in [7, 11) is 0. The fourth-order valence-electron chi connectivity index (χ4n) is 4.07. The molecule has 5 nitrogen and oxygen atoms in total. The summed E-state index contributed by atoms with van der Waals surface area (Å²) in [5.74, 6) is -1.26. The fourth-order valence-corrected chi connectivity index (χ4v) is 4.37. The third-order valence-electron chi connectivity index (χ3n) is 6.01. The standard InChI is InChI=1S/C30H26Cl2N2O3/c1-19(34-26-13-8-21(9-14-26)20-6-10-24(31)11-7-20)27-15-12-25(32)18-28(27)22-2-4-23(5-3-22)30(37)33-17-16-29(35)36/h2-15,18-19,34H,16-17H2,1H3,(H,33,37)(H,35,36). The van der Waals surface area contributed by atoms with Crippen LogP contribution < -0.4 is 10.6 Å². The number of hydrogen-bond donors (Lipinski definition) is 3.